The molecule has 2 aromatic carbocycles. The molecule has 3 N–H and O–H groups in total. The Bertz CT molecular complexity index is 1440. The molecule has 0 unspecified atom stereocenters. The van der Waals surface area contributed by atoms with Gasteiger partial charge in [0.05, 0.1) is 24.5 Å². The van der Waals surface area contributed by atoms with E-state index in [4.69, 9.17) is 4.65 Å². The number of carbonyl (C=O) groups is 2. The fourth-order valence-corrected chi connectivity index (χ4v) is 8.23. The van der Waals surface area contributed by atoms with Crippen LogP contribution in [0.5, 0.6) is 5.75 Å². The second-order valence-corrected chi connectivity index (χ2v) is 13.2. The minimum absolute atomic E-state index is 0.116. The molecule has 3 fully saturated rings. The van der Waals surface area contributed by atoms with E-state index in [1.54, 1.807) is 17.0 Å². The number of fused-ring (bicyclic) bond motifs is 3. The van der Waals surface area contributed by atoms with E-state index >= 15 is 0 Å². The molecule has 0 bridgehead atoms. The summed E-state index contributed by atoms with van der Waals surface area (Å²) < 4.78 is 6.10. The summed E-state index contributed by atoms with van der Waals surface area (Å²) in [6.07, 6.45) is 6.93. The zero-order valence-corrected chi connectivity index (χ0v) is 26.2. The summed E-state index contributed by atoms with van der Waals surface area (Å²) in [6, 6.07) is 17.4. The molecule has 1 aliphatic carbocycles. The maximum absolute atomic E-state index is 14.1. The number of phenols is 1. The first-order valence-corrected chi connectivity index (χ1v) is 16.6. The molecule has 3 aliphatic heterocycles. The van der Waals surface area contributed by atoms with Crippen LogP contribution in [0.3, 0.4) is 0 Å². The van der Waals surface area contributed by atoms with Gasteiger partial charge in [-0.25, -0.2) is 0 Å². The van der Waals surface area contributed by atoms with Gasteiger partial charge >= 0.3 is 7.12 Å². The van der Waals surface area contributed by atoms with Crippen LogP contribution < -0.4 is 0 Å². The number of nitrogens with zero attached hydrogens (tertiary/aromatic N) is 2. The molecule has 0 aromatic heterocycles. The van der Waals surface area contributed by atoms with Gasteiger partial charge < -0.3 is 19.9 Å². The molecular weight excluding hydrogens is 567 g/mol. The first-order valence-electron chi connectivity index (χ1n) is 16.6. The molecular formula is C36H45BN2O6. The number of amides is 2. The third-order valence-corrected chi connectivity index (χ3v) is 10.2. The molecule has 238 valence electrons. The topological polar surface area (TPSA) is 111 Å². The predicted octanol–water partition coefficient (Wildman–Crippen LogP) is 4.81. The minimum atomic E-state index is -1.04. The van der Waals surface area contributed by atoms with Crippen molar-refractivity contribution >= 4 is 25.0 Å². The number of aromatic hydroxyl groups is 1. The maximum atomic E-state index is 14.1. The van der Waals surface area contributed by atoms with E-state index in [1.807, 2.05) is 30.3 Å². The Morgan fingerprint density at radius 1 is 1.02 bits per heavy atom. The summed E-state index contributed by atoms with van der Waals surface area (Å²) in [5.41, 5.74) is 5.10. The van der Waals surface area contributed by atoms with E-state index in [2.05, 4.69) is 30.0 Å². The molecule has 4 atom stereocenters. The largest absolute Gasteiger partial charge is 0.508 e. The third-order valence-electron chi connectivity index (χ3n) is 10.2. The van der Waals surface area contributed by atoms with Crippen LogP contribution in [-0.2, 0) is 20.8 Å². The first-order chi connectivity index (χ1) is 21.9. The number of carbonyl (C=O) groups excluding carboxylic acids is 2. The standard InChI is InChI=1S/C36H45BN2O6/c1-2-7-24(18-26-10-6-11-29(41)19-26)12-13-32-33-27(23-40)20-30-34(31(33)21-37(44)45-32)36(43)39(35(30)42)28-14-16-38(17-15-28)22-25-8-4-3-5-9-25/h3-6,8-11,18-19,28,30-32,34,40-41,44H,2,7,12-17,20-23H2,1H3/b24-18+/t30-,31+,32-,34-/m1/s1. The number of benzene rings is 2. The van der Waals surface area contributed by atoms with Crippen molar-refractivity contribution in [3.8, 4) is 5.75 Å². The average Bonchev–Trinajstić information content (AvgIpc) is 3.29. The van der Waals surface area contributed by atoms with Crippen LogP contribution in [0.1, 0.15) is 63.0 Å². The van der Waals surface area contributed by atoms with Gasteiger partial charge in [-0.15, -0.1) is 0 Å². The lowest BCUT2D eigenvalue weighted by Gasteiger charge is -2.43. The third kappa shape index (κ3) is 6.82. The Hall–Kier alpha value is -3.24. The number of imide groups is 1. The van der Waals surface area contributed by atoms with E-state index in [-0.39, 0.29) is 42.5 Å². The van der Waals surface area contributed by atoms with Gasteiger partial charge in [0.25, 0.3) is 0 Å². The molecule has 9 heteroatoms. The van der Waals surface area contributed by atoms with Crippen LogP contribution in [-0.4, -0.2) is 75.8 Å². The van der Waals surface area contributed by atoms with Crippen molar-refractivity contribution in [2.75, 3.05) is 19.7 Å². The van der Waals surface area contributed by atoms with Gasteiger partial charge in [-0.1, -0.05) is 67.5 Å². The molecule has 0 saturated carbocycles. The lowest BCUT2D eigenvalue weighted by molar-refractivity contribution is -0.144. The highest BCUT2D eigenvalue weighted by Crippen LogP contribution is 2.51. The van der Waals surface area contributed by atoms with Crippen LogP contribution in [0.15, 0.2) is 71.3 Å². The normalized spacial score (nSPS) is 26.4. The summed E-state index contributed by atoms with van der Waals surface area (Å²) >= 11 is 0. The second kappa shape index (κ2) is 14.0. The lowest BCUT2D eigenvalue weighted by atomic mass is 9.58. The highest BCUT2D eigenvalue weighted by atomic mass is 16.5. The van der Waals surface area contributed by atoms with Gasteiger partial charge in [0, 0.05) is 25.7 Å². The highest BCUT2D eigenvalue weighted by molar-refractivity contribution is 6.43. The number of allylic oxidation sites excluding steroid dienone is 1. The quantitative estimate of drug-likeness (QED) is 0.201. The number of phenolic OH excluding ortho intramolecular Hbond substituents is 1. The van der Waals surface area contributed by atoms with E-state index in [9.17, 15) is 24.8 Å². The Balaban J connectivity index is 1.17. The number of hydrogen-bond donors (Lipinski definition) is 3. The SMILES string of the molecule is CCC/C(=C\c1cccc(O)c1)CC[C@H]1OB(O)C[C@H]2C1=C(CO)C[C@H]1C(=O)N(C3CCN(Cc4ccccc4)CC3)C(=O)[C@H]12. The van der Waals surface area contributed by atoms with Gasteiger partial charge in [0.1, 0.15) is 5.75 Å². The van der Waals surface area contributed by atoms with Crippen molar-refractivity contribution < 1.29 is 29.5 Å². The van der Waals surface area contributed by atoms with Crippen LogP contribution >= 0.6 is 0 Å². The van der Waals surface area contributed by atoms with Crippen molar-refractivity contribution in [3.05, 3.63) is 82.4 Å². The van der Waals surface area contributed by atoms with E-state index < -0.39 is 25.1 Å². The second-order valence-electron chi connectivity index (χ2n) is 13.2. The van der Waals surface area contributed by atoms with Gasteiger partial charge in [-0.05, 0) is 85.2 Å². The zero-order chi connectivity index (χ0) is 31.5. The smallest absolute Gasteiger partial charge is 0.455 e. The number of aliphatic hydroxyl groups excluding tert-OH is 1. The predicted molar refractivity (Wildman–Crippen MR) is 174 cm³/mol. The number of likely N-dealkylation sites (tertiary alicyclic amines) is 2. The Kier molecular flexibility index (Phi) is 9.90. The molecule has 4 aliphatic rings. The van der Waals surface area contributed by atoms with Crippen LogP contribution in [0, 0.1) is 17.8 Å². The highest BCUT2D eigenvalue weighted by Gasteiger charge is 2.58. The fraction of sp³-hybridized carbons (Fsp3) is 0.500. The van der Waals surface area contributed by atoms with Gasteiger partial charge in [0.2, 0.25) is 11.8 Å². The molecule has 0 radical (unpaired) electrons. The summed E-state index contributed by atoms with van der Waals surface area (Å²) in [4.78, 5) is 31.9. The Labute approximate surface area is 266 Å². The zero-order valence-electron chi connectivity index (χ0n) is 26.2. The molecule has 2 aromatic rings. The molecule has 2 amide bonds. The van der Waals surface area contributed by atoms with Crippen molar-refractivity contribution in [2.24, 2.45) is 17.8 Å². The van der Waals surface area contributed by atoms with Crippen molar-refractivity contribution in [2.45, 2.75) is 76.9 Å². The fourth-order valence-electron chi connectivity index (χ4n) is 8.23. The molecule has 8 nitrogen and oxygen atoms in total. The number of piperidine rings is 1. The Morgan fingerprint density at radius 3 is 2.51 bits per heavy atom. The molecule has 3 saturated heterocycles. The van der Waals surface area contributed by atoms with Crippen LogP contribution in [0.2, 0.25) is 6.32 Å². The number of hydrogen-bond acceptors (Lipinski definition) is 7. The summed E-state index contributed by atoms with van der Waals surface area (Å²) in [7, 11) is -1.04. The summed E-state index contributed by atoms with van der Waals surface area (Å²) in [6.45, 7) is 4.45. The van der Waals surface area contributed by atoms with Crippen molar-refractivity contribution in [1.29, 1.82) is 0 Å². The van der Waals surface area contributed by atoms with E-state index in [1.165, 1.54) is 11.1 Å². The molecule has 0 spiro atoms. The van der Waals surface area contributed by atoms with Crippen LogP contribution in [0.25, 0.3) is 6.08 Å². The average molecular weight is 613 g/mol. The maximum Gasteiger partial charge on any atom is 0.455 e. The minimum Gasteiger partial charge on any atom is -0.508 e. The van der Waals surface area contributed by atoms with Crippen molar-refractivity contribution in [1.82, 2.24) is 9.80 Å². The summed E-state index contributed by atoms with van der Waals surface area (Å²) in [5.74, 6) is -1.36. The number of rotatable bonds is 10. The Morgan fingerprint density at radius 2 is 1.80 bits per heavy atom. The van der Waals surface area contributed by atoms with Gasteiger partial charge in [-0.3, -0.25) is 19.4 Å². The van der Waals surface area contributed by atoms with Gasteiger partial charge in [0.15, 0.2) is 0 Å². The van der Waals surface area contributed by atoms with Crippen LogP contribution in [0.4, 0.5) is 0 Å². The molecule has 6 rings (SSSR count). The van der Waals surface area contributed by atoms with Crippen molar-refractivity contribution in [3.63, 3.8) is 0 Å². The van der Waals surface area contributed by atoms with E-state index in [0.717, 1.165) is 62.0 Å². The monoisotopic (exact) mass is 612 g/mol. The van der Waals surface area contributed by atoms with E-state index in [0.29, 0.717) is 19.3 Å². The van der Waals surface area contributed by atoms with Gasteiger partial charge in [-0.2, -0.15) is 0 Å². The molecule has 3 heterocycles. The summed E-state index contributed by atoms with van der Waals surface area (Å²) in [5, 5.41) is 31.3. The molecule has 45 heavy (non-hydrogen) atoms. The first kappa shape index (κ1) is 31.7. The number of aliphatic hydroxyl groups is 1. The lowest BCUT2D eigenvalue weighted by Crippen LogP contribution is -2.48.